The Kier molecular flexibility index (Phi) is 3.21. The quantitative estimate of drug-likeness (QED) is 0.489. The Bertz CT molecular complexity index is 355. The Morgan fingerprint density at radius 3 is 2.85 bits per heavy atom. The van der Waals surface area contributed by atoms with Gasteiger partial charge in [-0.05, 0) is 12.2 Å². The summed E-state index contributed by atoms with van der Waals surface area (Å²) in [5.74, 6) is -0.490. The van der Waals surface area contributed by atoms with Crippen molar-refractivity contribution in [1.82, 2.24) is 9.97 Å². The fraction of sp³-hybridized carbons (Fsp3) is 0.429. The second kappa shape index (κ2) is 4.20. The van der Waals surface area contributed by atoms with Crippen molar-refractivity contribution >= 4 is 18.2 Å². The average molecular weight is 202 g/mol. The first-order valence-electron chi connectivity index (χ1n) is 3.69. The van der Waals surface area contributed by atoms with Crippen LogP contribution >= 0.6 is 12.2 Å². The predicted molar refractivity (Wildman–Crippen MR) is 48.1 cm³/mol. The van der Waals surface area contributed by atoms with Gasteiger partial charge < -0.3 is 19.8 Å². The van der Waals surface area contributed by atoms with Crippen LogP contribution in [0.4, 0.5) is 0 Å². The number of imidazole rings is 1. The van der Waals surface area contributed by atoms with E-state index < -0.39 is 5.97 Å². The largest absolute Gasteiger partial charge is 0.464 e. The summed E-state index contributed by atoms with van der Waals surface area (Å²) in [6.45, 7) is -0.0485. The second-order valence-corrected chi connectivity index (χ2v) is 2.81. The normalized spacial score (nSPS) is 10.0. The minimum absolute atomic E-state index is 0.0485. The number of methoxy groups -OCH3 is 1. The summed E-state index contributed by atoms with van der Waals surface area (Å²) >= 11 is 4.80. The Balaban J connectivity index is 3.04. The van der Waals surface area contributed by atoms with Gasteiger partial charge in [-0.2, -0.15) is 0 Å². The van der Waals surface area contributed by atoms with Gasteiger partial charge in [-0.1, -0.05) is 0 Å². The molecule has 0 atom stereocenters. The molecule has 6 heteroatoms. The van der Waals surface area contributed by atoms with E-state index >= 15 is 0 Å². The Labute approximate surface area is 79.7 Å². The number of H-pyrrole nitrogens is 2. The summed E-state index contributed by atoms with van der Waals surface area (Å²) in [5.41, 5.74) is 0.848. The molecule has 0 aromatic carbocycles. The highest BCUT2D eigenvalue weighted by atomic mass is 32.1. The molecule has 0 saturated heterocycles. The second-order valence-electron chi connectivity index (χ2n) is 2.40. The molecule has 0 aliphatic carbocycles. The summed E-state index contributed by atoms with van der Waals surface area (Å²) in [5, 5.41) is 8.69. The van der Waals surface area contributed by atoms with Crippen molar-refractivity contribution in [1.29, 1.82) is 0 Å². The molecule has 0 spiro atoms. The number of nitrogens with one attached hydrogen (secondary N) is 2. The highest BCUT2D eigenvalue weighted by molar-refractivity contribution is 7.71. The van der Waals surface area contributed by atoms with Gasteiger partial charge in [0.1, 0.15) is 5.69 Å². The number of aliphatic hydroxyl groups excluding tert-OH is 1. The van der Waals surface area contributed by atoms with Crippen LogP contribution in [0.1, 0.15) is 16.2 Å². The minimum atomic E-state index is -0.490. The van der Waals surface area contributed by atoms with Crippen molar-refractivity contribution in [3.05, 3.63) is 16.2 Å². The summed E-state index contributed by atoms with van der Waals surface area (Å²) in [4.78, 5) is 16.5. The van der Waals surface area contributed by atoms with E-state index in [2.05, 4.69) is 14.7 Å². The first-order chi connectivity index (χ1) is 6.19. The molecule has 0 aliphatic heterocycles. The molecule has 1 aromatic rings. The lowest BCUT2D eigenvalue weighted by Gasteiger charge is -1.98. The molecule has 0 fully saturated rings. The van der Waals surface area contributed by atoms with Crippen LogP contribution in [0.25, 0.3) is 0 Å². The number of hydrogen-bond acceptors (Lipinski definition) is 4. The molecule has 5 nitrogen and oxygen atoms in total. The van der Waals surface area contributed by atoms with Gasteiger partial charge in [-0.25, -0.2) is 4.79 Å². The molecule has 0 bridgehead atoms. The van der Waals surface area contributed by atoms with E-state index in [0.29, 0.717) is 16.9 Å². The lowest BCUT2D eigenvalue weighted by Crippen LogP contribution is -2.06. The molecule has 0 radical (unpaired) electrons. The Morgan fingerprint density at radius 1 is 1.62 bits per heavy atom. The van der Waals surface area contributed by atoms with Gasteiger partial charge in [-0.15, -0.1) is 0 Å². The van der Waals surface area contributed by atoms with E-state index in [1.165, 1.54) is 7.11 Å². The highest BCUT2D eigenvalue weighted by Gasteiger charge is 2.13. The van der Waals surface area contributed by atoms with E-state index in [9.17, 15) is 4.79 Å². The van der Waals surface area contributed by atoms with Crippen LogP contribution in [-0.2, 0) is 11.2 Å². The van der Waals surface area contributed by atoms with Crippen LogP contribution in [0.15, 0.2) is 0 Å². The van der Waals surface area contributed by atoms with Gasteiger partial charge in [0.15, 0.2) is 4.77 Å². The van der Waals surface area contributed by atoms with Crippen LogP contribution in [0, 0.1) is 4.77 Å². The molecule has 3 N–H and O–H groups in total. The first-order valence-corrected chi connectivity index (χ1v) is 4.10. The smallest absolute Gasteiger partial charge is 0.356 e. The fourth-order valence-electron chi connectivity index (χ4n) is 0.995. The van der Waals surface area contributed by atoms with E-state index in [0.717, 1.165) is 0 Å². The number of aromatic nitrogens is 2. The molecule has 1 aromatic heterocycles. The lowest BCUT2D eigenvalue weighted by atomic mass is 10.2. The molecular weight excluding hydrogens is 192 g/mol. The summed E-state index contributed by atoms with van der Waals surface area (Å²) < 4.78 is 4.87. The highest BCUT2D eigenvalue weighted by Crippen LogP contribution is 2.05. The zero-order valence-electron chi connectivity index (χ0n) is 7.09. The maximum atomic E-state index is 11.1. The molecular formula is C7H10N2O3S. The molecule has 1 rings (SSSR count). The molecule has 0 saturated carbocycles. The van der Waals surface area contributed by atoms with Crippen LogP contribution in [0.2, 0.25) is 0 Å². The van der Waals surface area contributed by atoms with Crippen LogP contribution in [-0.4, -0.2) is 34.8 Å². The van der Waals surface area contributed by atoms with Crippen molar-refractivity contribution in [3.63, 3.8) is 0 Å². The first kappa shape index (κ1) is 9.94. The van der Waals surface area contributed by atoms with Gasteiger partial charge in [0.05, 0.1) is 12.8 Å². The Hall–Kier alpha value is -1.14. The van der Waals surface area contributed by atoms with E-state index in [1.807, 2.05) is 0 Å². The number of hydrogen-bond donors (Lipinski definition) is 3. The van der Waals surface area contributed by atoms with Crippen LogP contribution in [0.5, 0.6) is 0 Å². The number of rotatable bonds is 3. The number of carbonyl (C=O) groups is 1. The van der Waals surface area contributed by atoms with E-state index in [1.54, 1.807) is 0 Å². The molecule has 13 heavy (non-hydrogen) atoms. The topological polar surface area (TPSA) is 78.1 Å². The van der Waals surface area contributed by atoms with Crippen molar-refractivity contribution in [2.24, 2.45) is 0 Å². The number of esters is 1. The third kappa shape index (κ3) is 2.16. The number of aliphatic hydroxyl groups is 1. The maximum Gasteiger partial charge on any atom is 0.356 e. The summed E-state index contributed by atoms with van der Waals surface area (Å²) in [6.07, 6.45) is 0.345. The van der Waals surface area contributed by atoms with E-state index in [-0.39, 0.29) is 12.3 Å². The third-order valence-corrected chi connectivity index (χ3v) is 1.76. The number of ether oxygens (including phenoxy) is 1. The monoisotopic (exact) mass is 202 g/mol. The van der Waals surface area contributed by atoms with Gasteiger partial charge >= 0.3 is 5.97 Å². The fourth-order valence-corrected chi connectivity index (χ4v) is 1.22. The molecule has 0 amide bonds. The lowest BCUT2D eigenvalue weighted by molar-refractivity contribution is 0.0593. The van der Waals surface area contributed by atoms with Gasteiger partial charge in [0, 0.05) is 13.0 Å². The van der Waals surface area contributed by atoms with Crippen molar-refractivity contribution < 1.29 is 14.6 Å². The summed E-state index contributed by atoms with van der Waals surface area (Å²) in [7, 11) is 1.29. The standard InChI is InChI=1S/C7H10N2O3S/c1-12-6(11)5-4(2-3-10)8-7(13)9-5/h10H,2-3H2,1H3,(H2,8,9,13). The van der Waals surface area contributed by atoms with Crippen LogP contribution in [0.3, 0.4) is 0 Å². The minimum Gasteiger partial charge on any atom is -0.464 e. The number of carbonyl (C=O) groups excluding carboxylic acids is 1. The van der Waals surface area contributed by atoms with E-state index in [4.69, 9.17) is 17.3 Å². The zero-order chi connectivity index (χ0) is 9.84. The maximum absolute atomic E-state index is 11.1. The van der Waals surface area contributed by atoms with Crippen molar-refractivity contribution in [3.8, 4) is 0 Å². The van der Waals surface area contributed by atoms with Crippen LogP contribution < -0.4 is 0 Å². The van der Waals surface area contributed by atoms with Gasteiger partial charge in [-0.3, -0.25) is 0 Å². The van der Waals surface area contributed by atoms with Gasteiger partial charge in [0.2, 0.25) is 0 Å². The predicted octanol–water partition coefficient (Wildman–Crippen LogP) is 0.394. The molecule has 0 unspecified atom stereocenters. The third-order valence-electron chi connectivity index (χ3n) is 1.56. The summed E-state index contributed by atoms with van der Waals surface area (Å²) in [6, 6.07) is 0. The Morgan fingerprint density at radius 2 is 2.31 bits per heavy atom. The average Bonchev–Trinajstić information content (AvgIpc) is 2.46. The molecule has 1 heterocycles. The molecule has 0 aliphatic rings. The van der Waals surface area contributed by atoms with Crippen molar-refractivity contribution in [2.45, 2.75) is 6.42 Å². The SMILES string of the molecule is COC(=O)c1[nH]c(=S)[nH]c1CCO. The molecule has 72 valence electrons. The number of aromatic amines is 2. The van der Waals surface area contributed by atoms with Gasteiger partial charge in [0.25, 0.3) is 0 Å². The van der Waals surface area contributed by atoms with Crippen molar-refractivity contribution in [2.75, 3.05) is 13.7 Å². The zero-order valence-corrected chi connectivity index (χ0v) is 7.90.